The van der Waals surface area contributed by atoms with E-state index in [9.17, 15) is 0 Å². The Balaban J connectivity index is 1.20. The normalized spacial score (nSPS) is 11.6. The fraction of sp³-hybridized carbons (Fsp3) is 0. The minimum Gasteiger partial charge on any atom is -0.456 e. The molecule has 0 N–H and O–H groups in total. The first-order valence-electron chi connectivity index (χ1n) is 18.7. The van der Waals surface area contributed by atoms with Gasteiger partial charge in [0.05, 0.1) is 10.4 Å². The fourth-order valence-corrected chi connectivity index (χ4v) is 9.60. The van der Waals surface area contributed by atoms with Crippen LogP contribution in [0.1, 0.15) is 0 Å². The van der Waals surface area contributed by atoms with E-state index in [2.05, 4.69) is 193 Å². The number of nitrogens with zero attached hydrogens (tertiary/aromatic N) is 1. The van der Waals surface area contributed by atoms with E-state index in [1.165, 1.54) is 53.2 Å². The zero-order chi connectivity index (χ0) is 36.3. The van der Waals surface area contributed by atoms with Gasteiger partial charge in [0, 0.05) is 49.2 Å². The van der Waals surface area contributed by atoms with Crippen LogP contribution in [-0.4, -0.2) is 0 Å². The van der Waals surface area contributed by atoms with Gasteiger partial charge in [-0.1, -0.05) is 152 Å². The molecule has 0 amide bonds. The molecule has 258 valence electrons. The number of fused-ring (bicyclic) bond motifs is 7. The van der Waals surface area contributed by atoms with Crippen LogP contribution < -0.4 is 4.90 Å². The van der Waals surface area contributed by atoms with Crippen molar-refractivity contribution in [3.05, 3.63) is 200 Å². The first kappa shape index (κ1) is 31.6. The highest BCUT2D eigenvalue weighted by molar-refractivity contribution is 7.27. The molecule has 0 radical (unpaired) electrons. The van der Waals surface area contributed by atoms with Crippen molar-refractivity contribution in [1.29, 1.82) is 0 Å². The molecule has 0 saturated heterocycles. The zero-order valence-corrected chi connectivity index (χ0v) is 30.6. The third-order valence-corrected chi connectivity index (χ3v) is 12.1. The highest BCUT2D eigenvalue weighted by atomic mass is 32.1. The summed E-state index contributed by atoms with van der Waals surface area (Å²) in [7, 11) is 0. The predicted octanol–water partition coefficient (Wildman–Crippen LogP) is 15.6. The number of hydrogen-bond acceptors (Lipinski definition) is 3. The van der Waals surface area contributed by atoms with Gasteiger partial charge in [-0.05, 0) is 81.1 Å². The van der Waals surface area contributed by atoms with Crippen molar-refractivity contribution in [3.63, 3.8) is 0 Å². The first-order valence-corrected chi connectivity index (χ1v) is 19.5. The molecule has 0 atom stereocenters. The maximum Gasteiger partial charge on any atom is 0.137 e. The number of benzene rings is 9. The molecule has 0 aliphatic rings. The molecule has 0 saturated carbocycles. The first-order chi connectivity index (χ1) is 27.3. The number of thiophene rings is 1. The Kier molecular flexibility index (Phi) is 7.39. The summed E-state index contributed by atoms with van der Waals surface area (Å²) in [6, 6.07) is 72.2. The van der Waals surface area contributed by atoms with Crippen LogP contribution in [0.2, 0.25) is 0 Å². The van der Waals surface area contributed by atoms with E-state index in [0.717, 1.165) is 50.1 Å². The molecule has 0 spiro atoms. The number of rotatable bonds is 6. The van der Waals surface area contributed by atoms with Crippen molar-refractivity contribution in [2.45, 2.75) is 0 Å². The van der Waals surface area contributed by atoms with E-state index in [0.29, 0.717) is 0 Å². The highest BCUT2D eigenvalue weighted by Gasteiger charge is 2.22. The van der Waals surface area contributed by atoms with Gasteiger partial charge in [0.1, 0.15) is 11.2 Å². The van der Waals surface area contributed by atoms with Gasteiger partial charge in [0.2, 0.25) is 0 Å². The van der Waals surface area contributed by atoms with Crippen molar-refractivity contribution in [2.75, 3.05) is 4.90 Å². The lowest BCUT2D eigenvalue weighted by Crippen LogP contribution is -2.10. The van der Waals surface area contributed by atoms with E-state index in [4.69, 9.17) is 4.42 Å². The van der Waals surface area contributed by atoms with E-state index >= 15 is 0 Å². The quantitative estimate of drug-likeness (QED) is 0.170. The average Bonchev–Trinajstić information content (AvgIpc) is 3.83. The third-order valence-electron chi connectivity index (χ3n) is 10.8. The Hall–Kier alpha value is -6.94. The van der Waals surface area contributed by atoms with E-state index in [-0.39, 0.29) is 0 Å². The average molecular weight is 720 g/mol. The molecule has 3 heteroatoms. The van der Waals surface area contributed by atoms with Crippen molar-refractivity contribution in [3.8, 4) is 33.4 Å². The maximum atomic E-state index is 6.51. The van der Waals surface area contributed by atoms with Gasteiger partial charge in [-0.25, -0.2) is 0 Å². The molecule has 2 nitrogen and oxygen atoms in total. The molecular weight excluding hydrogens is 687 g/mol. The Morgan fingerprint density at radius 3 is 1.71 bits per heavy atom. The maximum absolute atomic E-state index is 6.51. The Labute approximate surface area is 322 Å². The van der Waals surface area contributed by atoms with Crippen LogP contribution >= 0.6 is 11.3 Å². The lowest BCUT2D eigenvalue weighted by atomic mass is 9.96. The summed E-state index contributed by atoms with van der Waals surface area (Å²) < 4.78 is 9.04. The summed E-state index contributed by atoms with van der Waals surface area (Å²) in [5.74, 6) is 0. The summed E-state index contributed by atoms with van der Waals surface area (Å²) >= 11 is 1.88. The lowest BCUT2D eigenvalue weighted by Gasteiger charge is -2.27. The molecule has 2 heterocycles. The van der Waals surface area contributed by atoms with Gasteiger partial charge in [-0.3, -0.25) is 0 Å². The number of anilines is 3. The summed E-state index contributed by atoms with van der Waals surface area (Å²) in [5, 5.41) is 7.27. The van der Waals surface area contributed by atoms with Gasteiger partial charge in [0.15, 0.2) is 0 Å². The largest absolute Gasteiger partial charge is 0.456 e. The van der Waals surface area contributed by atoms with Gasteiger partial charge in [-0.15, -0.1) is 11.3 Å². The van der Waals surface area contributed by atoms with Crippen molar-refractivity contribution >= 4 is 81.3 Å². The topological polar surface area (TPSA) is 16.4 Å². The Bertz CT molecular complexity index is 3150. The van der Waals surface area contributed by atoms with Gasteiger partial charge in [0.25, 0.3) is 0 Å². The zero-order valence-electron chi connectivity index (χ0n) is 29.8. The molecule has 11 aromatic rings. The van der Waals surface area contributed by atoms with Crippen molar-refractivity contribution < 1.29 is 4.42 Å². The molecule has 0 fully saturated rings. The summed E-state index contributed by atoms with van der Waals surface area (Å²) in [5.41, 5.74) is 12.2. The second kappa shape index (κ2) is 12.9. The van der Waals surface area contributed by atoms with E-state index in [1.54, 1.807) is 0 Å². The van der Waals surface area contributed by atoms with Crippen LogP contribution in [0.4, 0.5) is 17.1 Å². The minimum atomic E-state index is 0.868. The molecule has 0 aliphatic heterocycles. The summed E-state index contributed by atoms with van der Waals surface area (Å²) in [6.45, 7) is 0. The highest BCUT2D eigenvalue weighted by Crippen LogP contribution is 2.49. The third kappa shape index (κ3) is 5.32. The fourth-order valence-electron chi connectivity index (χ4n) is 8.27. The number of hydrogen-bond donors (Lipinski definition) is 0. The molecule has 9 aromatic carbocycles. The van der Waals surface area contributed by atoms with Crippen LogP contribution in [-0.2, 0) is 0 Å². The molecular formula is C52H33NOS. The summed E-state index contributed by atoms with van der Waals surface area (Å²) in [4.78, 5) is 2.43. The van der Waals surface area contributed by atoms with Crippen molar-refractivity contribution in [2.24, 2.45) is 0 Å². The van der Waals surface area contributed by atoms with Crippen molar-refractivity contribution in [1.82, 2.24) is 0 Å². The smallest absolute Gasteiger partial charge is 0.137 e. The van der Waals surface area contributed by atoms with E-state index < -0.39 is 0 Å². The Morgan fingerprint density at radius 1 is 0.345 bits per heavy atom. The number of furan rings is 1. The second-order valence-corrected chi connectivity index (χ2v) is 15.1. The van der Waals surface area contributed by atoms with Gasteiger partial charge in [-0.2, -0.15) is 0 Å². The monoisotopic (exact) mass is 719 g/mol. The standard InChI is InChI=1S/C52H33NOS/c1-3-14-34(15-4-1)37-30-38(35-16-5-2-6-17-35)32-40(31-37)53(39-28-29-44-43-21-9-10-27-49(43)54-50(44)33-39)48-26-13-25-47-46-24-12-23-45(51(46)55-52(47)48)42-22-11-19-36-18-7-8-20-41(36)42/h1-33H. The molecule has 0 unspecified atom stereocenters. The molecule has 0 bridgehead atoms. The number of para-hydroxylation sites is 1. The molecule has 11 rings (SSSR count). The second-order valence-electron chi connectivity index (χ2n) is 14.1. The van der Waals surface area contributed by atoms with Crippen LogP contribution in [0.5, 0.6) is 0 Å². The van der Waals surface area contributed by atoms with Crippen LogP contribution in [0.3, 0.4) is 0 Å². The van der Waals surface area contributed by atoms with Crippen LogP contribution in [0, 0.1) is 0 Å². The summed E-state index contributed by atoms with van der Waals surface area (Å²) in [6.07, 6.45) is 0. The minimum absolute atomic E-state index is 0.868. The van der Waals surface area contributed by atoms with E-state index in [1.807, 2.05) is 23.5 Å². The Morgan fingerprint density at radius 2 is 0.927 bits per heavy atom. The van der Waals surface area contributed by atoms with Gasteiger partial charge >= 0.3 is 0 Å². The molecule has 55 heavy (non-hydrogen) atoms. The van der Waals surface area contributed by atoms with Crippen LogP contribution in [0.25, 0.3) is 86.3 Å². The van der Waals surface area contributed by atoms with Crippen LogP contribution in [0.15, 0.2) is 205 Å². The molecule has 2 aromatic heterocycles. The van der Waals surface area contributed by atoms with Gasteiger partial charge < -0.3 is 9.32 Å². The lowest BCUT2D eigenvalue weighted by molar-refractivity contribution is 0.669. The molecule has 0 aliphatic carbocycles. The SMILES string of the molecule is c1ccc(-c2cc(-c3ccccc3)cc(N(c3ccc4c(c3)oc3ccccc34)c3cccc4c3sc3c(-c5cccc6ccccc56)cccc34)c2)cc1. The predicted molar refractivity (Wildman–Crippen MR) is 235 cm³/mol.